The number of hydrogen-bond donors (Lipinski definition) is 9. The number of allylic oxidation sites excluding steroid dienone is 13. The summed E-state index contributed by atoms with van der Waals surface area (Å²) < 4.78 is 22.7. The summed E-state index contributed by atoms with van der Waals surface area (Å²) in [6.07, 6.45) is 44.7. The molecule has 75 heavy (non-hydrogen) atoms. The quantitative estimate of drug-likeness (QED) is 0.0205. The Morgan fingerprint density at radius 2 is 0.933 bits per heavy atom. The summed E-state index contributed by atoms with van der Waals surface area (Å²) in [6, 6.07) is -0.948. The first-order valence-electron chi connectivity index (χ1n) is 29.3. The first-order chi connectivity index (χ1) is 36.6. The maximum absolute atomic E-state index is 13.2. The van der Waals surface area contributed by atoms with Crippen LogP contribution in [0, 0.1) is 0 Å². The van der Waals surface area contributed by atoms with Gasteiger partial charge in [0.25, 0.3) is 0 Å². The largest absolute Gasteiger partial charge is 0.394 e. The molecule has 14 heteroatoms. The van der Waals surface area contributed by atoms with Crippen molar-refractivity contribution < 1.29 is 64.6 Å². The molecule has 1 amide bonds. The molecule has 0 aromatic heterocycles. The summed E-state index contributed by atoms with van der Waals surface area (Å²) >= 11 is 0. The molecule has 0 aromatic carbocycles. The van der Waals surface area contributed by atoms with E-state index in [1.54, 1.807) is 6.08 Å². The lowest BCUT2D eigenvalue weighted by Crippen LogP contribution is -2.65. The molecule has 0 aromatic rings. The van der Waals surface area contributed by atoms with E-state index >= 15 is 0 Å². The molecule has 2 rings (SSSR count). The van der Waals surface area contributed by atoms with Gasteiger partial charge in [-0.05, 0) is 77.0 Å². The Labute approximate surface area is 452 Å². The van der Waals surface area contributed by atoms with Crippen LogP contribution >= 0.6 is 0 Å². The van der Waals surface area contributed by atoms with Crippen molar-refractivity contribution in [3.63, 3.8) is 0 Å². The van der Waals surface area contributed by atoms with E-state index in [9.17, 15) is 45.6 Å². The smallest absolute Gasteiger partial charge is 0.220 e. The number of nitrogens with one attached hydrogen (secondary N) is 1. The number of aliphatic hydroxyl groups excluding tert-OH is 8. The summed E-state index contributed by atoms with van der Waals surface area (Å²) in [6.45, 7) is 2.65. The summed E-state index contributed by atoms with van der Waals surface area (Å²) in [5, 5.41) is 87.0. The monoisotopic (exact) mass is 1060 g/mol. The van der Waals surface area contributed by atoms with E-state index in [0.29, 0.717) is 12.8 Å². The highest BCUT2D eigenvalue weighted by Gasteiger charge is 2.51. The van der Waals surface area contributed by atoms with Crippen LogP contribution in [-0.4, -0.2) is 140 Å². The van der Waals surface area contributed by atoms with Crippen LogP contribution < -0.4 is 5.32 Å². The van der Waals surface area contributed by atoms with Crippen molar-refractivity contribution in [2.45, 2.75) is 274 Å². The third kappa shape index (κ3) is 32.0. The number of unbranched alkanes of at least 4 members (excludes halogenated alkanes) is 20. The highest BCUT2D eigenvalue weighted by Crippen LogP contribution is 2.30. The molecular formula is C61H105NO13. The number of carbonyl (C=O) groups is 1. The number of hydrogen-bond acceptors (Lipinski definition) is 13. The molecular weight excluding hydrogens is 955 g/mol. The zero-order valence-corrected chi connectivity index (χ0v) is 46.3. The Morgan fingerprint density at radius 3 is 1.47 bits per heavy atom. The third-order valence-electron chi connectivity index (χ3n) is 13.8. The van der Waals surface area contributed by atoms with Crippen molar-refractivity contribution >= 4 is 5.91 Å². The van der Waals surface area contributed by atoms with Crippen molar-refractivity contribution in [2.24, 2.45) is 0 Å². The fourth-order valence-corrected chi connectivity index (χ4v) is 9.10. The lowest BCUT2D eigenvalue weighted by molar-refractivity contribution is -0.359. The van der Waals surface area contributed by atoms with Gasteiger partial charge in [0.1, 0.15) is 48.8 Å². The zero-order valence-electron chi connectivity index (χ0n) is 46.3. The second-order valence-electron chi connectivity index (χ2n) is 20.4. The van der Waals surface area contributed by atoms with Crippen LogP contribution in [0.5, 0.6) is 0 Å². The Bertz CT molecular complexity index is 1580. The van der Waals surface area contributed by atoms with Gasteiger partial charge in [0.2, 0.25) is 5.91 Å². The standard InChI is InChI=1S/C61H105NO13/c1-3-5-7-9-11-13-15-17-19-21-23-25-27-29-31-33-35-37-39-41-43-45-53(66)62-49(50(65)44-42-40-38-36-34-32-30-28-26-24-22-20-18-16-14-12-10-8-6-4-2)48-72-60-58(71)56(69)59(52(47-64)74-60)75-61-57(70)55(68)54(67)51(46-63)73-61/h5,7,11,13,17,19,23,25,29,31,34,36,42,44,49-52,54-61,63-65,67-71H,3-4,6,8-10,12,14-16,18,20-22,24,26-28,30,32-33,35,37-41,43,45-48H2,1-2H3,(H,62,66)/b7-5-,13-11-,19-17-,25-23-,31-29-,36-34+,44-42+. The normalized spacial score (nSPS) is 25.7. The van der Waals surface area contributed by atoms with Crippen molar-refractivity contribution in [3.05, 3.63) is 85.1 Å². The molecule has 432 valence electrons. The van der Waals surface area contributed by atoms with E-state index in [1.165, 1.54) is 89.9 Å². The Hall–Kier alpha value is -2.83. The number of ether oxygens (including phenoxy) is 4. The molecule has 2 heterocycles. The van der Waals surface area contributed by atoms with Gasteiger partial charge in [0.15, 0.2) is 12.6 Å². The topological polar surface area (TPSA) is 228 Å². The second kappa shape index (κ2) is 46.1. The predicted octanol–water partition coefficient (Wildman–Crippen LogP) is 9.72. The molecule has 0 bridgehead atoms. The second-order valence-corrected chi connectivity index (χ2v) is 20.4. The third-order valence-corrected chi connectivity index (χ3v) is 13.8. The minimum atomic E-state index is -1.80. The van der Waals surface area contributed by atoms with Gasteiger partial charge in [0.05, 0.1) is 32.0 Å². The van der Waals surface area contributed by atoms with Gasteiger partial charge in [-0.3, -0.25) is 4.79 Å². The molecule has 0 radical (unpaired) electrons. The first-order valence-corrected chi connectivity index (χ1v) is 29.3. The summed E-state index contributed by atoms with van der Waals surface area (Å²) in [5.74, 6) is -0.271. The molecule has 12 unspecified atom stereocenters. The first kappa shape index (κ1) is 68.3. The summed E-state index contributed by atoms with van der Waals surface area (Å²) in [5.41, 5.74) is 0. The van der Waals surface area contributed by atoms with Crippen molar-refractivity contribution in [1.82, 2.24) is 5.32 Å². The lowest BCUT2D eigenvalue weighted by Gasteiger charge is -2.46. The molecule has 2 saturated heterocycles. The van der Waals surface area contributed by atoms with Crippen LogP contribution in [0.3, 0.4) is 0 Å². The molecule has 2 aliphatic rings. The lowest BCUT2D eigenvalue weighted by atomic mass is 9.97. The van der Waals surface area contributed by atoms with Crippen LogP contribution in [0.15, 0.2) is 85.1 Å². The van der Waals surface area contributed by atoms with Crippen LogP contribution in [0.2, 0.25) is 0 Å². The highest BCUT2D eigenvalue weighted by atomic mass is 16.7. The van der Waals surface area contributed by atoms with E-state index in [1.807, 2.05) is 6.08 Å². The van der Waals surface area contributed by atoms with Crippen molar-refractivity contribution in [1.29, 1.82) is 0 Å². The fourth-order valence-electron chi connectivity index (χ4n) is 9.10. The molecule has 0 aliphatic carbocycles. The fraction of sp³-hybridized carbons (Fsp3) is 0.754. The summed E-state index contributed by atoms with van der Waals surface area (Å²) in [7, 11) is 0. The number of rotatable bonds is 45. The SMILES string of the molecule is CC/C=C\C/C=C\C/C=C\C/C=C\C/C=C\CCCCCCCC(=O)NC(COC1OC(CO)C(OC2OC(CO)C(O)C(O)C2O)C(O)C1O)C(O)/C=C/CC/C=C/CCCCCCCCCCCCCCCC. The van der Waals surface area contributed by atoms with E-state index in [4.69, 9.17) is 18.9 Å². The molecule has 2 aliphatic heterocycles. The van der Waals surface area contributed by atoms with Gasteiger partial charge in [-0.2, -0.15) is 0 Å². The van der Waals surface area contributed by atoms with Gasteiger partial charge in [-0.1, -0.05) is 202 Å². The van der Waals surface area contributed by atoms with Crippen molar-refractivity contribution in [3.8, 4) is 0 Å². The van der Waals surface area contributed by atoms with Gasteiger partial charge >= 0.3 is 0 Å². The highest BCUT2D eigenvalue weighted by molar-refractivity contribution is 5.76. The molecule has 0 spiro atoms. The Kier molecular flexibility index (Phi) is 42.0. The van der Waals surface area contributed by atoms with Crippen molar-refractivity contribution in [2.75, 3.05) is 19.8 Å². The zero-order chi connectivity index (χ0) is 54.6. The van der Waals surface area contributed by atoms with Crippen LogP contribution in [0.1, 0.15) is 200 Å². The average Bonchev–Trinajstić information content (AvgIpc) is 3.41. The van der Waals surface area contributed by atoms with E-state index in [2.05, 4.69) is 92.1 Å². The minimum absolute atomic E-state index is 0.247. The summed E-state index contributed by atoms with van der Waals surface area (Å²) in [4.78, 5) is 13.2. The van der Waals surface area contributed by atoms with Crippen LogP contribution in [0.4, 0.5) is 0 Å². The van der Waals surface area contributed by atoms with E-state index in [0.717, 1.165) is 77.0 Å². The molecule has 9 N–H and O–H groups in total. The van der Waals surface area contributed by atoms with E-state index in [-0.39, 0.29) is 18.9 Å². The molecule has 0 saturated carbocycles. The number of carbonyl (C=O) groups excluding carboxylic acids is 1. The maximum Gasteiger partial charge on any atom is 0.220 e. The predicted molar refractivity (Wildman–Crippen MR) is 300 cm³/mol. The van der Waals surface area contributed by atoms with Gasteiger partial charge in [0, 0.05) is 6.42 Å². The van der Waals surface area contributed by atoms with Gasteiger partial charge in [-0.15, -0.1) is 0 Å². The Morgan fingerprint density at radius 1 is 0.493 bits per heavy atom. The number of amides is 1. The molecule has 14 nitrogen and oxygen atoms in total. The Balaban J connectivity index is 1.81. The minimum Gasteiger partial charge on any atom is -0.394 e. The van der Waals surface area contributed by atoms with Crippen LogP contribution in [0.25, 0.3) is 0 Å². The van der Waals surface area contributed by atoms with Crippen LogP contribution in [-0.2, 0) is 23.7 Å². The van der Waals surface area contributed by atoms with E-state index < -0.39 is 86.8 Å². The maximum atomic E-state index is 13.2. The molecule has 12 atom stereocenters. The van der Waals surface area contributed by atoms with Gasteiger partial charge < -0.3 is 65.1 Å². The number of aliphatic hydroxyl groups is 8. The molecule has 2 fully saturated rings. The van der Waals surface area contributed by atoms with Gasteiger partial charge in [-0.25, -0.2) is 0 Å². The average molecular weight is 1060 g/mol.